The minimum Gasteiger partial charge on any atom is -0.444 e. The number of nitrogens with zero attached hydrogens (tertiary/aromatic N) is 8. The maximum absolute atomic E-state index is 13.2. The summed E-state index contributed by atoms with van der Waals surface area (Å²) in [5.41, 5.74) is 3.61. The van der Waals surface area contributed by atoms with Crippen molar-refractivity contribution in [2.24, 2.45) is 5.92 Å². The van der Waals surface area contributed by atoms with Crippen LogP contribution >= 0.6 is 0 Å². The van der Waals surface area contributed by atoms with E-state index in [-0.39, 0.29) is 12.1 Å². The molecule has 42 heavy (non-hydrogen) atoms. The molecule has 3 fully saturated rings. The molecule has 5 heterocycles. The van der Waals surface area contributed by atoms with Gasteiger partial charge in [-0.3, -0.25) is 9.97 Å². The zero-order chi connectivity index (χ0) is 29.5. The molecule has 0 unspecified atom stereocenters. The van der Waals surface area contributed by atoms with Crippen LogP contribution in [0, 0.1) is 5.92 Å². The van der Waals surface area contributed by atoms with E-state index in [0.717, 1.165) is 60.8 Å². The van der Waals surface area contributed by atoms with Crippen LogP contribution in [0.4, 0.5) is 16.2 Å². The number of amides is 1. The van der Waals surface area contributed by atoms with Gasteiger partial charge in [0, 0.05) is 45.5 Å². The Balaban J connectivity index is 1.18. The summed E-state index contributed by atoms with van der Waals surface area (Å²) in [7, 11) is 3.98. The summed E-state index contributed by atoms with van der Waals surface area (Å²) in [6, 6.07) is 6.38. The predicted octanol–water partition coefficient (Wildman–Crippen LogP) is 4.19. The number of anilines is 2. The van der Waals surface area contributed by atoms with Crippen molar-refractivity contribution in [1.29, 1.82) is 0 Å². The van der Waals surface area contributed by atoms with Gasteiger partial charge in [0.25, 0.3) is 0 Å². The fraction of sp³-hybridized carbons (Fsp3) is 0.581. The van der Waals surface area contributed by atoms with Gasteiger partial charge in [0.05, 0.1) is 54.9 Å². The molecule has 3 aliphatic rings. The molecule has 2 aliphatic heterocycles. The Morgan fingerprint density at radius 1 is 1.14 bits per heavy atom. The van der Waals surface area contributed by atoms with Crippen molar-refractivity contribution in [3.05, 3.63) is 48.7 Å². The fourth-order valence-corrected chi connectivity index (χ4v) is 5.67. The smallest absolute Gasteiger partial charge is 0.410 e. The molecule has 224 valence electrons. The van der Waals surface area contributed by atoms with Gasteiger partial charge in [0.2, 0.25) is 0 Å². The number of carbonyl (C=O) groups excluding carboxylic acids is 1. The van der Waals surface area contributed by atoms with E-state index in [9.17, 15) is 4.79 Å². The zero-order valence-corrected chi connectivity index (χ0v) is 25.4. The molecule has 2 saturated heterocycles. The lowest BCUT2D eigenvalue weighted by molar-refractivity contribution is -0.0851. The molecule has 3 aromatic rings. The lowest BCUT2D eigenvalue weighted by Crippen LogP contribution is -2.53. The molecule has 1 amide bonds. The molecule has 1 atom stereocenters. The molecule has 0 radical (unpaired) electrons. The second-order valence-electron chi connectivity index (χ2n) is 13.1. The van der Waals surface area contributed by atoms with Gasteiger partial charge in [-0.2, -0.15) is 0 Å². The zero-order valence-electron chi connectivity index (χ0n) is 25.4. The highest BCUT2D eigenvalue weighted by molar-refractivity contribution is 5.69. The Bertz CT molecular complexity index is 1390. The highest BCUT2D eigenvalue weighted by Crippen LogP contribution is 2.36. The molecule has 3 aromatic heterocycles. The van der Waals surface area contributed by atoms with Gasteiger partial charge in [0.15, 0.2) is 5.54 Å². The molecule has 0 N–H and O–H groups in total. The topological polar surface area (TPSA) is 102 Å². The number of carbonyl (C=O) groups is 1. The second-order valence-corrected chi connectivity index (χ2v) is 13.1. The number of pyridine rings is 2. The normalized spacial score (nSPS) is 20.1. The van der Waals surface area contributed by atoms with Crippen LogP contribution in [0.3, 0.4) is 0 Å². The first-order valence-corrected chi connectivity index (χ1v) is 15.0. The number of piperidine rings is 1. The van der Waals surface area contributed by atoms with E-state index >= 15 is 0 Å². The average Bonchev–Trinajstić information content (AvgIpc) is 3.64. The van der Waals surface area contributed by atoms with Crippen molar-refractivity contribution >= 4 is 17.5 Å². The van der Waals surface area contributed by atoms with Crippen molar-refractivity contribution in [2.75, 3.05) is 56.7 Å². The molecule has 0 bridgehead atoms. The van der Waals surface area contributed by atoms with Gasteiger partial charge >= 0.3 is 6.09 Å². The third kappa shape index (κ3) is 5.92. The molecule has 1 saturated carbocycles. The summed E-state index contributed by atoms with van der Waals surface area (Å²) in [5, 5.41) is 8.95. The molecular formula is C31H42N8O3. The summed E-state index contributed by atoms with van der Waals surface area (Å²) >= 11 is 0. The summed E-state index contributed by atoms with van der Waals surface area (Å²) in [4.78, 5) is 28.8. The van der Waals surface area contributed by atoms with E-state index in [0.29, 0.717) is 19.1 Å². The van der Waals surface area contributed by atoms with Gasteiger partial charge in [-0.1, -0.05) is 5.21 Å². The minimum atomic E-state index is -0.508. The van der Waals surface area contributed by atoms with Gasteiger partial charge in [-0.15, -0.1) is 5.10 Å². The third-order valence-electron chi connectivity index (χ3n) is 8.36. The van der Waals surface area contributed by atoms with Crippen LogP contribution in [0.5, 0.6) is 0 Å². The number of rotatable bonds is 8. The highest BCUT2D eigenvalue weighted by atomic mass is 16.6. The van der Waals surface area contributed by atoms with Crippen molar-refractivity contribution in [2.45, 2.75) is 63.6 Å². The number of hydrogen-bond acceptors (Lipinski definition) is 9. The van der Waals surface area contributed by atoms with Crippen molar-refractivity contribution < 1.29 is 14.3 Å². The Kier molecular flexibility index (Phi) is 7.55. The Labute approximate surface area is 247 Å². The van der Waals surface area contributed by atoms with Crippen LogP contribution in [-0.4, -0.2) is 94.5 Å². The standard InChI is InChI=1S/C31H42N8O3/c1-30(2,3)42-29(40)38(17-22-8-9-22)25-7-6-12-37(18-25)24-10-11-28(33-16-24)31(20-41-21-31)39-19-27(34-35-39)23-13-26(36(4)5)15-32-14-23/h10-11,13-16,19,22,25H,6-9,12,17-18,20-21H2,1-5H3/t25-/m1/s1. The maximum Gasteiger partial charge on any atom is 0.410 e. The number of aromatic nitrogens is 5. The van der Waals surface area contributed by atoms with Crippen LogP contribution in [-0.2, 0) is 15.0 Å². The Morgan fingerprint density at radius 3 is 2.60 bits per heavy atom. The molecular weight excluding hydrogens is 532 g/mol. The first-order valence-electron chi connectivity index (χ1n) is 15.0. The SMILES string of the molecule is CN(C)c1cncc(-c2cn(C3(c4ccc(N5CCC[C@@H](N(CC6CC6)C(=O)OC(C)(C)C)C5)cn4)COC3)nn2)c1. The van der Waals surface area contributed by atoms with E-state index in [4.69, 9.17) is 14.5 Å². The molecule has 1 aliphatic carbocycles. The van der Waals surface area contributed by atoms with Gasteiger partial charge in [0.1, 0.15) is 11.3 Å². The maximum atomic E-state index is 13.2. The van der Waals surface area contributed by atoms with E-state index in [1.807, 2.05) is 67.9 Å². The van der Waals surface area contributed by atoms with Crippen LogP contribution in [0.25, 0.3) is 11.3 Å². The van der Waals surface area contributed by atoms with Gasteiger partial charge < -0.3 is 24.2 Å². The number of ether oxygens (including phenoxy) is 2. The van der Waals surface area contributed by atoms with Crippen molar-refractivity contribution in [3.63, 3.8) is 0 Å². The van der Waals surface area contributed by atoms with Gasteiger partial charge in [-0.25, -0.2) is 9.48 Å². The molecule has 0 spiro atoms. The first kappa shape index (κ1) is 28.4. The lowest BCUT2D eigenvalue weighted by Gasteiger charge is -2.42. The molecule has 6 rings (SSSR count). The summed E-state index contributed by atoms with van der Waals surface area (Å²) in [6.07, 6.45) is 11.7. The van der Waals surface area contributed by atoms with Crippen LogP contribution in [0.15, 0.2) is 43.0 Å². The summed E-state index contributed by atoms with van der Waals surface area (Å²) in [5.74, 6) is 0.597. The average molecular weight is 575 g/mol. The van der Waals surface area contributed by atoms with Crippen molar-refractivity contribution in [3.8, 4) is 11.3 Å². The Morgan fingerprint density at radius 2 is 1.95 bits per heavy atom. The van der Waals surface area contributed by atoms with Crippen LogP contribution < -0.4 is 9.80 Å². The fourth-order valence-electron chi connectivity index (χ4n) is 5.67. The Hall–Kier alpha value is -3.73. The first-order chi connectivity index (χ1) is 20.1. The monoisotopic (exact) mass is 574 g/mol. The van der Waals surface area contributed by atoms with E-state index in [1.54, 1.807) is 6.20 Å². The van der Waals surface area contributed by atoms with Crippen molar-refractivity contribution in [1.82, 2.24) is 29.9 Å². The largest absolute Gasteiger partial charge is 0.444 e. The second kappa shape index (κ2) is 11.2. The molecule has 0 aromatic carbocycles. The minimum absolute atomic E-state index is 0.120. The van der Waals surface area contributed by atoms with E-state index in [2.05, 4.69) is 38.4 Å². The van der Waals surface area contributed by atoms with Gasteiger partial charge in [-0.05, 0) is 70.6 Å². The van der Waals surface area contributed by atoms with E-state index in [1.165, 1.54) is 12.8 Å². The van der Waals surface area contributed by atoms with Crippen LogP contribution in [0.2, 0.25) is 0 Å². The third-order valence-corrected chi connectivity index (χ3v) is 8.36. The lowest BCUT2D eigenvalue weighted by atomic mass is 9.92. The molecule has 11 nitrogen and oxygen atoms in total. The van der Waals surface area contributed by atoms with Crippen LogP contribution in [0.1, 0.15) is 52.1 Å². The summed E-state index contributed by atoms with van der Waals surface area (Å²) in [6.45, 7) is 9.24. The highest BCUT2D eigenvalue weighted by Gasteiger charge is 2.45. The predicted molar refractivity (Wildman–Crippen MR) is 161 cm³/mol. The van der Waals surface area contributed by atoms with E-state index < -0.39 is 11.1 Å². The number of hydrogen-bond donors (Lipinski definition) is 0. The quantitative estimate of drug-likeness (QED) is 0.392. The molecule has 11 heteroatoms. The summed E-state index contributed by atoms with van der Waals surface area (Å²) < 4.78 is 13.4.